The summed E-state index contributed by atoms with van der Waals surface area (Å²) in [6, 6.07) is 3.41. The van der Waals surface area contributed by atoms with Crippen LogP contribution in [0.3, 0.4) is 0 Å². The number of carboxylic acid groups (broad SMARTS) is 1. The highest BCUT2D eigenvalue weighted by atomic mass is 16.5. The number of hydrogen-bond donors (Lipinski definition) is 7. The number of likely N-dealkylation sites (N-methyl/N-ethyl adjacent to an activating group) is 2. The Kier molecular flexibility index (Phi) is 31.6. The number of ketones is 2. The first-order valence-electron chi connectivity index (χ1n) is 30.8. The number of urea groups is 1. The van der Waals surface area contributed by atoms with Gasteiger partial charge in [0.05, 0.1) is 49.3 Å². The van der Waals surface area contributed by atoms with Crippen LogP contribution in [0, 0.1) is 35.5 Å². The minimum absolute atomic E-state index is 0.0150. The van der Waals surface area contributed by atoms with E-state index in [1.165, 1.54) is 45.2 Å². The van der Waals surface area contributed by atoms with Gasteiger partial charge in [-0.15, -0.1) is 0 Å². The number of likely N-dealkylation sites (tertiary alicyclic amines) is 1. The molecular formula is C63H99N9O16. The number of aliphatic carboxylic acids is 1. The summed E-state index contributed by atoms with van der Waals surface area (Å²) in [5, 5.41) is 31.1. The van der Waals surface area contributed by atoms with E-state index in [-0.39, 0.29) is 69.2 Å². The van der Waals surface area contributed by atoms with Crippen molar-refractivity contribution in [2.24, 2.45) is 41.2 Å². The molecule has 1 aromatic carbocycles. The number of aliphatic hydroxyl groups excluding tert-OH is 1. The normalized spacial score (nSPS) is 17.8. The van der Waals surface area contributed by atoms with Gasteiger partial charge in [-0.3, -0.25) is 57.6 Å². The van der Waals surface area contributed by atoms with Crippen molar-refractivity contribution in [1.82, 2.24) is 40.9 Å². The van der Waals surface area contributed by atoms with Crippen molar-refractivity contribution in [2.75, 3.05) is 54.5 Å². The molecule has 0 aliphatic carbocycles. The predicted molar refractivity (Wildman–Crippen MR) is 326 cm³/mol. The number of nitrogens with two attached hydrogens (primary N) is 1. The van der Waals surface area contributed by atoms with Crippen molar-refractivity contribution in [2.45, 2.75) is 187 Å². The smallest absolute Gasteiger partial charge is 0.312 e. The van der Waals surface area contributed by atoms with E-state index in [4.69, 9.17) is 15.2 Å². The minimum atomic E-state index is -1.40. The molecule has 0 bridgehead atoms. The Balaban J connectivity index is 1.72. The van der Waals surface area contributed by atoms with Crippen LogP contribution < -0.4 is 27.0 Å². The fourth-order valence-electron chi connectivity index (χ4n) is 11.8. The number of nitrogens with zero attached hydrogens (tertiary/aromatic N) is 4. The van der Waals surface area contributed by atoms with E-state index in [1.807, 2.05) is 44.2 Å². The molecule has 2 unspecified atom stereocenters. The molecule has 2 aliphatic rings. The molecule has 25 nitrogen and oxygen atoms in total. The summed E-state index contributed by atoms with van der Waals surface area (Å²) in [4.78, 5) is 165. The molecule has 1 fully saturated rings. The lowest BCUT2D eigenvalue weighted by molar-refractivity contribution is -0.149. The lowest BCUT2D eigenvalue weighted by Crippen LogP contribution is -2.60. The van der Waals surface area contributed by atoms with E-state index >= 15 is 0 Å². The van der Waals surface area contributed by atoms with E-state index in [9.17, 15) is 67.7 Å². The third kappa shape index (κ3) is 22.5. The Morgan fingerprint density at radius 1 is 0.750 bits per heavy atom. The van der Waals surface area contributed by atoms with Crippen molar-refractivity contribution in [1.29, 1.82) is 0 Å². The molecule has 1 saturated heterocycles. The van der Waals surface area contributed by atoms with Gasteiger partial charge in [-0.2, -0.15) is 0 Å². The lowest BCUT2D eigenvalue weighted by Gasteiger charge is -2.41. The summed E-state index contributed by atoms with van der Waals surface area (Å²) in [5.74, 6) is -10.3. The quantitative estimate of drug-likeness (QED) is 0.0367. The van der Waals surface area contributed by atoms with E-state index in [1.54, 1.807) is 46.6 Å². The number of primary amides is 1. The number of Topliss-reactive ketones (excluding diaryl/α,β-unsaturated/α-hetero) is 2. The number of carbonyl (C=O) groups excluding carboxylic acids is 11. The maximum atomic E-state index is 14.8. The van der Waals surface area contributed by atoms with Crippen LogP contribution >= 0.6 is 0 Å². The number of hydrogen-bond acceptors (Lipinski definition) is 15. The number of aliphatic hydroxyl groups is 1. The number of nitrogens with one attached hydrogen (secondary N) is 4. The summed E-state index contributed by atoms with van der Waals surface area (Å²) in [6.45, 7) is 13.8. The van der Waals surface area contributed by atoms with Crippen LogP contribution in [0.4, 0.5) is 4.79 Å². The Hall–Kier alpha value is -7.12. The zero-order chi connectivity index (χ0) is 66.1. The summed E-state index contributed by atoms with van der Waals surface area (Å²) in [7, 11) is 5.91. The first-order chi connectivity index (χ1) is 41.5. The predicted octanol–water partition coefficient (Wildman–Crippen LogP) is 2.92. The fraction of sp³-hybridized carbons (Fsp3) is 0.683. The third-order valence-electron chi connectivity index (χ3n) is 17.0. The molecule has 25 heteroatoms. The topological polar surface area (TPSA) is 351 Å². The van der Waals surface area contributed by atoms with Gasteiger partial charge in [0, 0.05) is 91.2 Å². The molecule has 0 spiro atoms. The molecule has 1 aromatic rings. The number of carboxylic acids is 1. The molecule has 0 saturated carbocycles. The number of amides is 10. The zero-order valence-electron chi connectivity index (χ0n) is 53.6. The molecular weight excluding hydrogens is 1140 g/mol. The fourth-order valence-corrected chi connectivity index (χ4v) is 11.8. The molecule has 8 N–H and O–H groups in total. The highest BCUT2D eigenvalue weighted by Gasteiger charge is 2.44. The molecule has 10 amide bonds. The van der Waals surface area contributed by atoms with Gasteiger partial charge in [-0.1, -0.05) is 91.6 Å². The van der Waals surface area contributed by atoms with Gasteiger partial charge in [0.15, 0.2) is 5.78 Å². The Labute approximate surface area is 518 Å². The first-order valence-corrected chi connectivity index (χ1v) is 30.8. The third-order valence-corrected chi connectivity index (χ3v) is 17.0. The molecule has 492 valence electrons. The number of unbranched alkanes of at least 4 members (excludes halogenated alkanes) is 2. The second-order valence-electron chi connectivity index (χ2n) is 24.2. The highest BCUT2D eigenvalue weighted by molar-refractivity contribution is 6.12. The van der Waals surface area contributed by atoms with Crippen molar-refractivity contribution >= 4 is 70.8 Å². The van der Waals surface area contributed by atoms with E-state index in [2.05, 4.69) is 21.3 Å². The zero-order valence-corrected chi connectivity index (χ0v) is 53.6. The van der Waals surface area contributed by atoms with E-state index < -0.39 is 150 Å². The highest BCUT2D eigenvalue weighted by Crippen LogP contribution is 2.31. The molecule has 12 atom stereocenters. The Bertz CT molecular complexity index is 2560. The molecule has 2 heterocycles. The SMILES string of the molecule is CC[C@H](C)C([C@@H](CC(=O)N1CCC[C@H]1[C@H](OC)[C@@H](C)C(=O)C[C@@H](Cc1ccccc1)C(=O)O)OC)N(C)C(=O)[C@@H](NC(=O)[C@H](C(C)C)N(C)C(=O)CNC(=O)[C@H](CCCNC(N)=O)CC(=O)[C@@H](NC(=O)CCCCCN1C(=O)C=CC1=O)C(C)O)C(C)C. The maximum Gasteiger partial charge on any atom is 0.312 e. The van der Waals surface area contributed by atoms with Crippen LogP contribution in [0.2, 0.25) is 0 Å². The first kappa shape index (κ1) is 75.1. The van der Waals surface area contributed by atoms with Gasteiger partial charge in [-0.05, 0) is 75.2 Å². The van der Waals surface area contributed by atoms with Crippen LogP contribution in [0.1, 0.15) is 138 Å². The summed E-state index contributed by atoms with van der Waals surface area (Å²) in [5.41, 5.74) is 6.02. The number of imide groups is 1. The average Bonchev–Trinajstić information content (AvgIpc) is 4.19. The lowest BCUT2D eigenvalue weighted by atomic mass is 9.85. The Morgan fingerprint density at radius 3 is 1.94 bits per heavy atom. The number of benzene rings is 1. The molecule has 88 heavy (non-hydrogen) atoms. The van der Waals surface area contributed by atoms with Crippen LogP contribution in [0.5, 0.6) is 0 Å². The largest absolute Gasteiger partial charge is 0.481 e. The van der Waals surface area contributed by atoms with Crippen molar-refractivity contribution in [3.8, 4) is 0 Å². The van der Waals surface area contributed by atoms with E-state index in [0.717, 1.165) is 15.4 Å². The van der Waals surface area contributed by atoms with Crippen LogP contribution in [0.25, 0.3) is 0 Å². The van der Waals surface area contributed by atoms with Gasteiger partial charge >= 0.3 is 12.0 Å². The Morgan fingerprint density at radius 2 is 1.39 bits per heavy atom. The van der Waals surface area contributed by atoms with Gasteiger partial charge < -0.3 is 61.4 Å². The van der Waals surface area contributed by atoms with Crippen LogP contribution in [-0.4, -0.2) is 204 Å². The summed E-state index contributed by atoms with van der Waals surface area (Å²) < 4.78 is 12.0. The van der Waals surface area contributed by atoms with Gasteiger partial charge in [-0.25, -0.2) is 4.79 Å². The average molecular weight is 1240 g/mol. The van der Waals surface area contributed by atoms with E-state index in [0.29, 0.717) is 45.1 Å². The van der Waals surface area contributed by atoms with Gasteiger partial charge in [0.2, 0.25) is 35.4 Å². The molecule has 0 radical (unpaired) electrons. The second-order valence-corrected chi connectivity index (χ2v) is 24.2. The van der Waals surface area contributed by atoms with Crippen molar-refractivity contribution < 1.29 is 77.2 Å². The van der Waals surface area contributed by atoms with Crippen molar-refractivity contribution in [3.63, 3.8) is 0 Å². The van der Waals surface area contributed by atoms with Crippen molar-refractivity contribution in [3.05, 3.63) is 48.0 Å². The summed E-state index contributed by atoms with van der Waals surface area (Å²) in [6.07, 6.45) is 1.98. The summed E-state index contributed by atoms with van der Waals surface area (Å²) >= 11 is 0. The minimum Gasteiger partial charge on any atom is -0.481 e. The van der Waals surface area contributed by atoms with Gasteiger partial charge in [0.1, 0.15) is 23.9 Å². The maximum absolute atomic E-state index is 14.8. The van der Waals surface area contributed by atoms with Crippen LogP contribution in [0.15, 0.2) is 42.5 Å². The number of carbonyl (C=O) groups is 12. The molecule has 3 rings (SSSR count). The van der Waals surface area contributed by atoms with Gasteiger partial charge in [0.25, 0.3) is 11.8 Å². The standard InChI is InChI=1S/C63H99N9O16/c1-13-39(6)57(48(87-11)35-52(79)71-31-21-25-45(71)58(88-12)40(7)46(74)34-44(62(84)85)32-42-22-16-14-17-23-42)70(10)61(83)54(37(2)3)68-60(82)56(38(4)5)69(9)53(80)36-66-59(81)43(24-20-29-65-63(64)86)33-47(75)55(41(8)73)67-49(76)26-18-15-19-30-72-50(77)27-28-51(72)78/h14,16-17,22-23,27-28,37-41,43-45,48,54-58,73H,13,15,18-21,24-26,29-36H2,1-12H3,(H,66,81)(H,67,76)(H,68,82)(H,84,85)(H3,64,65,86)/t39-,40-,41?,43+,44+,45-,48+,54-,55-,56-,57?,58+/m0/s1. The number of ether oxygens (including phenoxy) is 2. The number of methoxy groups -OCH3 is 2. The second kappa shape index (κ2) is 37.0. The monoisotopic (exact) mass is 1240 g/mol. The number of rotatable bonds is 40. The molecule has 0 aromatic heterocycles. The van der Waals surface area contributed by atoms with Crippen LogP contribution in [-0.2, 0) is 68.6 Å². The molecule has 2 aliphatic heterocycles.